The molecule has 2 aromatic heterocycles. The van der Waals surface area contributed by atoms with Gasteiger partial charge in [0.25, 0.3) is 5.91 Å². The number of rotatable bonds is 4. The van der Waals surface area contributed by atoms with Crippen LogP contribution in [0.1, 0.15) is 44.8 Å². The van der Waals surface area contributed by atoms with Crippen LogP contribution in [0.3, 0.4) is 0 Å². The van der Waals surface area contributed by atoms with Gasteiger partial charge in [-0.05, 0) is 43.5 Å². The van der Waals surface area contributed by atoms with Gasteiger partial charge in [0.15, 0.2) is 5.65 Å². The number of likely N-dealkylation sites (tertiary alicyclic amines) is 1. The molecule has 1 amide bonds. The number of carbonyl (C=O) groups is 2. The summed E-state index contributed by atoms with van der Waals surface area (Å²) in [7, 11) is 0. The Morgan fingerprint density at radius 3 is 2.63 bits per heavy atom. The Hall–Kier alpha value is -3.22. The van der Waals surface area contributed by atoms with Crippen LogP contribution in [0.2, 0.25) is 0 Å². The van der Waals surface area contributed by atoms with Crippen LogP contribution in [0.15, 0.2) is 42.7 Å². The lowest BCUT2D eigenvalue weighted by Gasteiger charge is -2.15. The molecular weight excluding hydrogens is 344 g/mol. The van der Waals surface area contributed by atoms with Gasteiger partial charge in [0.2, 0.25) is 0 Å². The van der Waals surface area contributed by atoms with Crippen LogP contribution in [-0.2, 0) is 11.3 Å². The number of esters is 1. The number of carbonyl (C=O) groups excluding carboxylic acids is 2. The molecular formula is C20H20N4O3. The molecule has 0 spiro atoms. The molecule has 1 aliphatic rings. The third-order valence-electron chi connectivity index (χ3n) is 4.74. The lowest BCUT2D eigenvalue weighted by atomic mass is 10.1. The molecule has 1 saturated heterocycles. The van der Waals surface area contributed by atoms with E-state index in [2.05, 4.69) is 10.1 Å². The van der Waals surface area contributed by atoms with Gasteiger partial charge in [0.05, 0.1) is 5.69 Å². The predicted molar refractivity (Wildman–Crippen MR) is 98.4 cm³/mol. The van der Waals surface area contributed by atoms with Crippen molar-refractivity contribution in [3.63, 3.8) is 0 Å². The summed E-state index contributed by atoms with van der Waals surface area (Å²) in [5.41, 5.74) is 2.91. The lowest BCUT2D eigenvalue weighted by molar-refractivity contribution is 0.0473. The van der Waals surface area contributed by atoms with Crippen LogP contribution in [0.4, 0.5) is 0 Å². The van der Waals surface area contributed by atoms with E-state index in [9.17, 15) is 9.59 Å². The van der Waals surface area contributed by atoms with Crippen molar-refractivity contribution in [3.8, 4) is 0 Å². The minimum absolute atomic E-state index is 0.0594. The zero-order chi connectivity index (χ0) is 18.8. The molecule has 1 aliphatic heterocycles. The Morgan fingerprint density at radius 2 is 1.89 bits per heavy atom. The second-order valence-electron chi connectivity index (χ2n) is 6.62. The number of aromatic nitrogens is 3. The first-order chi connectivity index (χ1) is 13.1. The Kier molecular flexibility index (Phi) is 4.58. The number of amides is 1. The average molecular weight is 364 g/mol. The Balaban J connectivity index is 1.43. The quantitative estimate of drug-likeness (QED) is 0.665. The van der Waals surface area contributed by atoms with E-state index >= 15 is 0 Å². The van der Waals surface area contributed by atoms with Gasteiger partial charge < -0.3 is 9.64 Å². The summed E-state index contributed by atoms with van der Waals surface area (Å²) in [6.07, 6.45) is 5.49. The van der Waals surface area contributed by atoms with Crippen molar-refractivity contribution in [2.45, 2.75) is 26.4 Å². The van der Waals surface area contributed by atoms with Crippen molar-refractivity contribution in [1.29, 1.82) is 0 Å². The van der Waals surface area contributed by atoms with Crippen molar-refractivity contribution in [3.05, 3.63) is 65.1 Å². The van der Waals surface area contributed by atoms with Gasteiger partial charge in [-0.3, -0.25) is 4.79 Å². The molecule has 7 heteroatoms. The highest BCUT2D eigenvalue weighted by atomic mass is 16.5. The van der Waals surface area contributed by atoms with E-state index in [1.807, 2.05) is 17.0 Å². The number of hydrogen-bond acceptors (Lipinski definition) is 5. The van der Waals surface area contributed by atoms with E-state index in [0.29, 0.717) is 22.5 Å². The second-order valence-corrected chi connectivity index (χ2v) is 6.62. The van der Waals surface area contributed by atoms with E-state index in [-0.39, 0.29) is 12.5 Å². The van der Waals surface area contributed by atoms with Crippen LogP contribution >= 0.6 is 0 Å². The number of fused-ring (bicyclic) bond motifs is 1. The first kappa shape index (κ1) is 17.2. The largest absolute Gasteiger partial charge is 0.457 e. The first-order valence-electron chi connectivity index (χ1n) is 8.99. The molecule has 0 aliphatic carbocycles. The molecule has 0 radical (unpaired) electrons. The van der Waals surface area contributed by atoms with Gasteiger partial charge in [-0.1, -0.05) is 12.1 Å². The molecule has 7 nitrogen and oxygen atoms in total. The monoisotopic (exact) mass is 364 g/mol. The molecule has 1 fully saturated rings. The highest BCUT2D eigenvalue weighted by molar-refractivity contribution is 5.97. The van der Waals surface area contributed by atoms with Crippen LogP contribution in [0.25, 0.3) is 5.65 Å². The van der Waals surface area contributed by atoms with Gasteiger partial charge in [-0.15, -0.1) is 0 Å². The van der Waals surface area contributed by atoms with Crippen molar-refractivity contribution >= 4 is 17.5 Å². The van der Waals surface area contributed by atoms with Gasteiger partial charge >= 0.3 is 5.97 Å². The maximum Gasteiger partial charge on any atom is 0.344 e. The van der Waals surface area contributed by atoms with Crippen molar-refractivity contribution in [1.82, 2.24) is 19.5 Å². The zero-order valence-electron chi connectivity index (χ0n) is 15.1. The maximum absolute atomic E-state index is 12.5. The number of aryl methyl sites for hydroxylation is 1. The molecule has 3 heterocycles. The highest BCUT2D eigenvalue weighted by Gasteiger charge is 2.21. The number of nitrogens with zero attached hydrogens (tertiary/aromatic N) is 4. The van der Waals surface area contributed by atoms with E-state index in [4.69, 9.17) is 4.74 Å². The van der Waals surface area contributed by atoms with E-state index < -0.39 is 5.97 Å². The maximum atomic E-state index is 12.5. The summed E-state index contributed by atoms with van der Waals surface area (Å²) in [6.45, 7) is 3.53. The van der Waals surface area contributed by atoms with Crippen molar-refractivity contribution < 1.29 is 14.3 Å². The molecule has 0 atom stereocenters. The molecule has 0 unspecified atom stereocenters. The summed E-state index contributed by atoms with van der Waals surface area (Å²) in [6, 6.07) is 8.95. The minimum atomic E-state index is -0.460. The molecule has 0 saturated carbocycles. The number of ether oxygens (including phenoxy) is 1. The zero-order valence-corrected chi connectivity index (χ0v) is 15.1. The van der Waals surface area contributed by atoms with E-state index in [1.54, 1.807) is 42.0 Å². The predicted octanol–water partition coefficient (Wildman–Crippen LogP) is 2.63. The highest BCUT2D eigenvalue weighted by Crippen LogP contribution is 2.17. The van der Waals surface area contributed by atoms with Crippen LogP contribution in [-0.4, -0.2) is 44.5 Å². The van der Waals surface area contributed by atoms with Crippen molar-refractivity contribution in [2.75, 3.05) is 13.1 Å². The van der Waals surface area contributed by atoms with E-state index in [1.165, 1.54) is 0 Å². The van der Waals surface area contributed by atoms with Gasteiger partial charge in [-0.25, -0.2) is 14.3 Å². The number of benzene rings is 1. The smallest absolute Gasteiger partial charge is 0.344 e. The first-order valence-corrected chi connectivity index (χ1v) is 8.99. The average Bonchev–Trinajstić information content (AvgIpc) is 3.33. The van der Waals surface area contributed by atoms with Crippen LogP contribution in [0, 0.1) is 6.92 Å². The molecule has 4 rings (SSSR count). The lowest BCUT2D eigenvalue weighted by Crippen LogP contribution is -2.27. The van der Waals surface area contributed by atoms with Crippen LogP contribution < -0.4 is 0 Å². The van der Waals surface area contributed by atoms with E-state index in [0.717, 1.165) is 31.5 Å². The van der Waals surface area contributed by atoms with Crippen molar-refractivity contribution in [2.24, 2.45) is 0 Å². The SMILES string of the molecule is Cc1nn2cccnc2c1C(=O)OCc1ccc(C(=O)N2CCCC2)cc1. The molecule has 0 N–H and O–H groups in total. The molecule has 1 aromatic carbocycles. The number of hydrogen-bond donors (Lipinski definition) is 0. The fourth-order valence-corrected chi connectivity index (χ4v) is 3.30. The molecule has 138 valence electrons. The standard InChI is InChI=1S/C20H20N4O3/c1-14-17(18-21-9-4-12-24(18)22-14)20(26)27-13-15-5-7-16(8-6-15)19(25)23-10-2-3-11-23/h4-9,12H,2-3,10-11,13H2,1H3. The van der Waals surface area contributed by atoms with Gasteiger partial charge in [0, 0.05) is 31.0 Å². The fourth-order valence-electron chi connectivity index (χ4n) is 3.30. The summed E-state index contributed by atoms with van der Waals surface area (Å²) in [4.78, 5) is 30.9. The summed E-state index contributed by atoms with van der Waals surface area (Å²) >= 11 is 0. The van der Waals surface area contributed by atoms with Gasteiger partial charge in [0.1, 0.15) is 12.2 Å². The summed E-state index contributed by atoms with van der Waals surface area (Å²) in [5.74, 6) is -0.400. The third-order valence-corrected chi connectivity index (χ3v) is 4.74. The Labute approximate surface area is 156 Å². The topological polar surface area (TPSA) is 76.8 Å². The summed E-state index contributed by atoms with van der Waals surface area (Å²) in [5, 5.41) is 4.27. The Bertz CT molecular complexity index is 988. The van der Waals surface area contributed by atoms with Gasteiger partial charge in [-0.2, -0.15) is 5.10 Å². The van der Waals surface area contributed by atoms with Crippen LogP contribution in [0.5, 0.6) is 0 Å². The second kappa shape index (κ2) is 7.19. The normalized spacial score (nSPS) is 13.9. The molecule has 0 bridgehead atoms. The third kappa shape index (κ3) is 3.40. The molecule has 27 heavy (non-hydrogen) atoms. The minimum Gasteiger partial charge on any atom is -0.457 e. The fraction of sp³-hybridized carbons (Fsp3) is 0.300. The Morgan fingerprint density at radius 1 is 1.15 bits per heavy atom. The summed E-state index contributed by atoms with van der Waals surface area (Å²) < 4.78 is 6.99. The molecule has 3 aromatic rings.